The van der Waals surface area contributed by atoms with Crippen LogP contribution in [0.5, 0.6) is 0 Å². The zero-order chi connectivity index (χ0) is 16.8. The lowest BCUT2D eigenvalue weighted by Crippen LogP contribution is -2.08. The Morgan fingerprint density at radius 2 is 2.04 bits per heavy atom. The molecule has 3 rings (SSSR count). The van der Waals surface area contributed by atoms with E-state index in [1.165, 1.54) is 11.1 Å². The fraction of sp³-hybridized carbons (Fsp3) is 0.263. The Kier molecular flexibility index (Phi) is 5.23. The van der Waals surface area contributed by atoms with E-state index in [-0.39, 0.29) is 0 Å². The molecule has 2 heterocycles. The molecule has 0 amide bonds. The summed E-state index contributed by atoms with van der Waals surface area (Å²) in [6, 6.07) is 14.4. The predicted molar refractivity (Wildman–Crippen MR) is 97.0 cm³/mol. The van der Waals surface area contributed by atoms with E-state index in [9.17, 15) is 0 Å². The first kappa shape index (κ1) is 16.2. The molecule has 0 saturated heterocycles. The Balaban J connectivity index is 1.78. The van der Waals surface area contributed by atoms with Crippen LogP contribution in [0.2, 0.25) is 0 Å². The number of rotatable bonds is 7. The van der Waals surface area contributed by atoms with Crippen LogP contribution in [0.25, 0.3) is 22.5 Å². The monoisotopic (exact) mass is 322 g/mol. The van der Waals surface area contributed by atoms with E-state index in [4.69, 9.17) is 4.74 Å². The molecule has 0 spiro atoms. The number of aromatic nitrogens is 3. The van der Waals surface area contributed by atoms with E-state index in [1.807, 2.05) is 18.3 Å². The summed E-state index contributed by atoms with van der Waals surface area (Å²) in [6.07, 6.45) is 2.83. The molecular formula is C19H22N4O. The van der Waals surface area contributed by atoms with Gasteiger partial charge >= 0.3 is 0 Å². The highest BCUT2D eigenvalue weighted by atomic mass is 16.5. The van der Waals surface area contributed by atoms with Crippen LogP contribution in [-0.4, -0.2) is 35.4 Å². The van der Waals surface area contributed by atoms with Gasteiger partial charge in [-0.1, -0.05) is 31.2 Å². The van der Waals surface area contributed by atoms with Gasteiger partial charge < -0.3 is 10.1 Å². The summed E-state index contributed by atoms with van der Waals surface area (Å²) in [5.74, 6) is 0.836. The first-order valence-corrected chi connectivity index (χ1v) is 8.14. The minimum absolute atomic E-state index is 0.656. The summed E-state index contributed by atoms with van der Waals surface area (Å²) in [5, 5.41) is 10.8. The zero-order valence-corrected chi connectivity index (χ0v) is 14.0. The van der Waals surface area contributed by atoms with Gasteiger partial charge in [0.05, 0.1) is 18.0 Å². The molecular weight excluding hydrogens is 300 g/mol. The Bertz CT molecular complexity index is 780. The summed E-state index contributed by atoms with van der Waals surface area (Å²) in [4.78, 5) is 4.42. The Labute approximate surface area is 142 Å². The average molecular weight is 322 g/mol. The van der Waals surface area contributed by atoms with Gasteiger partial charge in [-0.3, -0.25) is 5.10 Å². The second kappa shape index (κ2) is 7.75. The highest BCUT2D eigenvalue weighted by molar-refractivity contribution is 5.70. The minimum Gasteiger partial charge on any atom is -0.383 e. The number of anilines is 1. The van der Waals surface area contributed by atoms with Gasteiger partial charge in [-0.05, 0) is 30.2 Å². The van der Waals surface area contributed by atoms with Gasteiger partial charge in [-0.2, -0.15) is 5.10 Å². The number of methoxy groups -OCH3 is 1. The van der Waals surface area contributed by atoms with Gasteiger partial charge in [0.15, 0.2) is 0 Å². The molecule has 0 bridgehead atoms. The fourth-order valence-electron chi connectivity index (χ4n) is 2.63. The molecule has 5 nitrogen and oxygen atoms in total. The van der Waals surface area contributed by atoms with E-state index in [2.05, 4.69) is 57.8 Å². The second-order valence-electron chi connectivity index (χ2n) is 5.53. The third-order valence-electron chi connectivity index (χ3n) is 3.94. The molecule has 5 heteroatoms. The van der Waals surface area contributed by atoms with Crippen LogP contribution >= 0.6 is 0 Å². The lowest BCUT2D eigenvalue weighted by atomic mass is 10.0. The van der Waals surface area contributed by atoms with Crippen molar-refractivity contribution >= 4 is 5.82 Å². The third kappa shape index (κ3) is 3.63. The Morgan fingerprint density at radius 1 is 1.17 bits per heavy atom. The van der Waals surface area contributed by atoms with Crippen LogP contribution in [0.15, 0.2) is 48.7 Å². The Hall–Kier alpha value is -2.66. The molecule has 0 aliphatic rings. The molecule has 124 valence electrons. The molecule has 0 atom stereocenters. The molecule has 0 saturated carbocycles. The van der Waals surface area contributed by atoms with Crippen LogP contribution in [-0.2, 0) is 11.2 Å². The third-order valence-corrected chi connectivity index (χ3v) is 3.94. The van der Waals surface area contributed by atoms with Crippen LogP contribution in [0.1, 0.15) is 12.5 Å². The average Bonchev–Trinajstić information content (AvgIpc) is 3.12. The van der Waals surface area contributed by atoms with Crippen molar-refractivity contribution in [1.29, 1.82) is 0 Å². The van der Waals surface area contributed by atoms with Crippen molar-refractivity contribution in [3.8, 4) is 22.5 Å². The number of pyridine rings is 1. The van der Waals surface area contributed by atoms with Crippen LogP contribution < -0.4 is 5.32 Å². The van der Waals surface area contributed by atoms with Crippen molar-refractivity contribution in [3.63, 3.8) is 0 Å². The maximum Gasteiger partial charge on any atom is 0.125 e. The fourth-order valence-corrected chi connectivity index (χ4v) is 2.63. The molecule has 0 aliphatic heterocycles. The van der Waals surface area contributed by atoms with Crippen molar-refractivity contribution in [3.05, 3.63) is 54.2 Å². The largest absolute Gasteiger partial charge is 0.383 e. The number of aromatic amines is 1. The molecule has 0 fully saturated rings. The van der Waals surface area contributed by atoms with Crippen LogP contribution in [0.3, 0.4) is 0 Å². The number of aryl methyl sites for hydroxylation is 1. The van der Waals surface area contributed by atoms with Crippen molar-refractivity contribution in [2.75, 3.05) is 25.6 Å². The number of nitrogens with zero attached hydrogens (tertiary/aromatic N) is 2. The molecule has 2 aromatic heterocycles. The SMILES string of the molecule is CCc1ccccc1-c1cc(-c2ccc(NCCOC)nc2)n[nH]1. The molecule has 24 heavy (non-hydrogen) atoms. The minimum atomic E-state index is 0.656. The number of hydrogen-bond donors (Lipinski definition) is 2. The van der Waals surface area contributed by atoms with Gasteiger partial charge in [0.1, 0.15) is 5.82 Å². The second-order valence-corrected chi connectivity index (χ2v) is 5.53. The van der Waals surface area contributed by atoms with E-state index in [0.29, 0.717) is 6.61 Å². The maximum atomic E-state index is 5.02. The van der Waals surface area contributed by atoms with Gasteiger partial charge in [0.2, 0.25) is 0 Å². The summed E-state index contributed by atoms with van der Waals surface area (Å²) < 4.78 is 5.02. The van der Waals surface area contributed by atoms with Gasteiger partial charge in [-0.25, -0.2) is 4.98 Å². The predicted octanol–water partition coefficient (Wildman–Crippen LogP) is 3.76. The number of nitrogens with one attached hydrogen (secondary N) is 2. The summed E-state index contributed by atoms with van der Waals surface area (Å²) in [6.45, 7) is 3.56. The first-order chi connectivity index (χ1) is 11.8. The quantitative estimate of drug-likeness (QED) is 0.650. The van der Waals surface area contributed by atoms with Crippen LogP contribution in [0.4, 0.5) is 5.82 Å². The summed E-state index contributed by atoms with van der Waals surface area (Å²) in [5.41, 5.74) is 5.42. The number of benzene rings is 1. The topological polar surface area (TPSA) is 62.8 Å². The molecule has 2 N–H and O–H groups in total. The highest BCUT2D eigenvalue weighted by Crippen LogP contribution is 2.26. The standard InChI is InChI=1S/C19H22N4O/c1-3-14-6-4-5-7-16(14)18-12-17(22-23-18)15-8-9-19(21-13-15)20-10-11-24-2/h4-9,12-13H,3,10-11H2,1-2H3,(H,20,21)(H,22,23). The lowest BCUT2D eigenvalue weighted by molar-refractivity contribution is 0.210. The van der Waals surface area contributed by atoms with E-state index in [1.54, 1.807) is 7.11 Å². The van der Waals surface area contributed by atoms with Gasteiger partial charge in [0.25, 0.3) is 0 Å². The number of H-pyrrole nitrogens is 1. The van der Waals surface area contributed by atoms with Crippen molar-refractivity contribution in [2.24, 2.45) is 0 Å². The Morgan fingerprint density at radius 3 is 2.79 bits per heavy atom. The van der Waals surface area contributed by atoms with Gasteiger partial charge in [0, 0.05) is 31.0 Å². The molecule has 0 aliphatic carbocycles. The number of ether oxygens (including phenoxy) is 1. The zero-order valence-electron chi connectivity index (χ0n) is 14.0. The van der Waals surface area contributed by atoms with Gasteiger partial charge in [-0.15, -0.1) is 0 Å². The van der Waals surface area contributed by atoms with E-state index in [0.717, 1.165) is 35.7 Å². The highest BCUT2D eigenvalue weighted by Gasteiger charge is 2.09. The molecule has 0 radical (unpaired) electrons. The molecule has 1 aromatic carbocycles. The maximum absolute atomic E-state index is 5.02. The van der Waals surface area contributed by atoms with Crippen molar-refractivity contribution in [1.82, 2.24) is 15.2 Å². The smallest absolute Gasteiger partial charge is 0.125 e. The summed E-state index contributed by atoms with van der Waals surface area (Å²) in [7, 11) is 1.68. The van der Waals surface area contributed by atoms with E-state index < -0.39 is 0 Å². The molecule has 3 aromatic rings. The normalized spacial score (nSPS) is 10.8. The van der Waals surface area contributed by atoms with Crippen molar-refractivity contribution < 1.29 is 4.74 Å². The number of hydrogen-bond acceptors (Lipinski definition) is 4. The summed E-state index contributed by atoms with van der Waals surface area (Å²) >= 11 is 0. The molecule has 0 unspecified atom stereocenters. The first-order valence-electron chi connectivity index (χ1n) is 8.14. The van der Waals surface area contributed by atoms with E-state index >= 15 is 0 Å². The van der Waals surface area contributed by atoms with Crippen LogP contribution in [0, 0.1) is 0 Å². The van der Waals surface area contributed by atoms with Crippen molar-refractivity contribution in [2.45, 2.75) is 13.3 Å². The lowest BCUT2D eigenvalue weighted by Gasteiger charge is -2.05.